The summed E-state index contributed by atoms with van der Waals surface area (Å²) < 4.78 is 7.73. The summed E-state index contributed by atoms with van der Waals surface area (Å²) in [7, 11) is 0. The molecule has 3 atom stereocenters. The highest BCUT2D eigenvalue weighted by Crippen LogP contribution is 2.65. The summed E-state index contributed by atoms with van der Waals surface area (Å²) in [6.45, 7) is 13.9. The van der Waals surface area contributed by atoms with Gasteiger partial charge in [0.1, 0.15) is 11.4 Å². The zero-order valence-corrected chi connectivity index (χ0v) is 22.6. The predicted octanol–water partition coefficient (Wildman–Crippen LogP) is 5.64. The van der Waals surface area contributed by atoms with Crippen molar-refractivity contribution in [3.8, 4) is 11.4 Å². The molecule has 3 aliphatic rings. The van der Waals surface area contributed by atoms with E-state index in [1.807, 2.05) is 51.1 Å². The second-order valence-electron chi connectivity index (χ2n) is 12.7. The van der Waals surface area contributed by atoms with E-state index in [0.717, 1.165) is 23.5 Å². The van der Waals surface area contributed by atoms with Crippen molar-refractivity contribution in [3.05, 3.63) is 41.7 Å². The molecule has 3 unspecified atom stereocenters. The average molecular weight is 493 g/mol. The van der Waals surface area contributed by atoms with Gasteiger partial charge >= 0.3 is 6.09 Å². The quantitative estimate of drug-likeness (QED) is 0.602. The second-order valence-corrected chi connectivity index (χ2v) is 12.7. The number of amides is 2. The van der Waals surface area contributed by atoms with Crippen molar-refractivity contribution in [2.24, 2.45) is 16.7 Å². The molecule has 0 saturated heterocycles. The van der Waals surface area contributed by atoms with Crippen molar-refractivity contribution in [3.63, 3.8) is 0 Å². The van der Waals surface area contributed by atoms with Crippen LogP contribution in [0.15, 0.2) is 30.3 Å². The molecule has 1 N–H and O–H groups in total. The van der Waals surface area contributed by atoms with E-state index < -0.39 is 5.60 Å². The number of ether oxygens (including phenoxy) is 1. The van der Waals surface area contributed by atoms with Crippen molar-refractivity contribution >= 4 is 12.0 Å². The second kappa shape index (κ2) is 8.63. The predicted molar refractivity (Wildman–Crippen MR) is 139 cm³/mol. The van der Waals surface area contributed by atoms with E-state index in [1.54, 1.807) is 4.90 Å². The fourth-order valence-corrected chi connectivity index (χ4v) is 7.27. The van der Waals surface area contributed by atoms with Gasteiger partial charge in [-0.3, -0.25) is 4.79 Å². The summed E-state index contributed by atoms with van der Waals surface area (Å²) in [5.41, 5.74) is 1.75. The van der Waals surface area contributed by atoms with E-state index in [4.69, 9.17) is 9.72 Å². The fourth-order valence-electron chi connectivity index (χ4n) is 7.27. The van der Waals surface area contributed by atoms with E-state index in [9.17, 15) is 9.59 Å². The Morgan fingerprint density at radius 1 is 1.08 bits per heavy atom. The van der Waals surface area contributed by atoms with Gasteiger partial charge in [-0.1, -0.05) is 63.9 Å². The maximum absolute atomic E-state index is 13.9. The molecule has 0 radical (unpaired) electrons. The highest BCUT2D eigenvalue weighted by atomic mass is 16.6. The molecule has 194 valence electrons. The first-order valence-corrected chi connectivity index (χ1v) is 13.4. The number of hydrogen-bond donors (Lipinski definition) is 1. The Labute approximate surface area is 214 Å². The Morgan fingerprint density at radius 2 is 1.81 bits per heavy atom. The van der Waals surface area contributed by atoms with E-state index in [1.165, 1.54) is 19.3 Å². The zero-order chi connectivity index (χ0) is 25.9. The van der Waals surface area contributed by atoms with Crippen LogP contribution in [-0.2, 0) is 17.8 Å². The first-order valence-electron chi connectivity index (χ1n) is 13.4. The molecule has 0 spiro atoms. The molecular formula is C29H40N4O3. The van der Waals surface area contributed by atoms with Crippen LogP contribution in [-0.4, -0.2) is 44.6 Å². The fraction of sp³-hybridized carbons (Fsp3) is 0.621. The molecule has 2 amide bonds. The number of imidazole rings is 1. The smallest absolute Gasteiger partial charge is 0.410 e. The van der Waals surface area contributed by atoms with E-state index >= 15 is 0 Å². The average Bonchev–Trinajstić information content (AvgIpc) is 3.21. The number of nitrogens with zero attached hydrogens (tertiary/aromatic N) is 3. The number of nitrogens with one attached hydrogen (secondary N) is 1. The number of hydrogen-bond acceptors (Lipinski definition) is 4. The van der Waals surface area contributed by atoms with Crippen LogP contribution in [0, 0.1) is 16.7 Å². The highest BCUT2D eigenvalue weighted by Gasteiger charge is 2.64. The van der Waals surface area contributed by atoms with Crippen LogP contribution in [0.4, 0.5) is 4.79 Å². The minimum absolute atomic E-state index is 0.0510. The maximum Gasteiger partial charge on any atom is 0.410 e. The molecule has 7 nitrogen and oxygen atoms in total. The molecule has 2 aliphatic carbocycles. The third-order valence-corrected chi connectivity index (χ3v) is 8.74. The molecule has 1 aromatic heterocycles. The number of fused-ring (bicyclic) bond motifs is 2. The van der Waals surface area contributed by atoms with Crippen LogP contribution in [0.25, 0.3) is 11.4 Å². The standard InChI is InChI=1S/C29H40N4O3/c1-27(2,3)36-26(35)32-16-17-33-20(18-32)22(30-23(33)19-12-8-7-9-13-19)24(34)31-25-28(4,5)21-14-10-11-15-29(21,25)6/h7-9,12-13,21,25H,10-11,14-18H2,1-6H3,(H,31,34). The van der Waals surface area contributed by atoms with Gasteiger partial charge < -0.3 is 19.5 Å². The van der Waals surface area contributed by atoms with Crippen molar-refractivity contribution < 1.29 is 14.3 Å². The third kappa shape index (κ3) is 4.10. The molecule has 2 saturated carbocycles. The lowest BCUT2D eigenvalue weighted by Crippen LogP contribution is -2.71. The lowest BCUT2D eigenvalue weighted by molar-refractivity contribution is -0.156. The number of aromatic nitrogens is 2. The van der Waals surface area contributed by atoms with Gasteiger partial charge in [0.2, 0.25) is 0 Å². The topological polar surface area (TPSA) is 76.5 Å². The van der Waals surface area contributed by atoms with Crippen LogP contribution < -0.4 is 5.32 Å². The maximum atomic E-state index is 13.9. The van der Waals surface area contributed by atoms with Crippen molar-refractivity contribution in [2.45, 2.75) is 92.0 Å². The summed E-state index contributed by atoms with van der Waals surface area (Å²) >= 11 is 0. The first kappa shape index (κ1) is 24.8. The van der Waals surface area contributed by atoms with Crippen LogP contribution in [0.1, 0.15) is 83.4 Å². The van der Waals surface area contributed by atoms with Crippen LogP contribution in [0.3, 0.4) is 0 Å². The minimum atomic E-state index is -0.577. The van der Waals surface area contributed by atoms with E-state index in [0.29, 0.717) is 31.2 Å². The van der Waals surface area contributed by atoms with Gasteiger partial charge in [-0.05, 0) is 50.4 Å². The monoisotopic (exact) mass is 492 g/mol. The normalized spacial score (nSPS) is 26.9. The lowest BCUT2D eigenvalue weighted by Gasteiger charge is -2.67. The molecule has 2 heterocycles. The molecule has 2 aromatic rings. The minimum Gasteiger partial charge on any atom is -0.444 e. The molecule has 0 bridgehead atoms. The lowest BCUT2D eigenvalue weighted by atomic mass is 9.40. The Hall–Kier alpha value is -2.83. The highest BCUT2D eigenvalue weighted by molar-refractivity contribution is 5.95. The van der Waals surface area contributed by atoms with Gasteiger partial charge in [0, 0.05) is 24.7 Å². The number of carbonyl (C=O) groups excluding carboxylic acids is 2. The van der Waals surface area contributed by atoms with Gasteiger partial charge in [0.05, 0.1) is 12.2 Å². The number of rotatable bonds is 3. The van der Waals surface area contributed by atoms with Gasteiger partial charge in [0.25, 0.3) is 5.91 Å². The van der Waals surface area contributed by atoms with E-state index in [2.05, 4.69) is 30.7 Å². The van der Waals surface area contributed by atoms with Crippen LogP contribution >= 0.6 is 0 Å². The molecule has 7 heteroatoms. The third-order valence-electron chi connectivity index (χ3n) is 8.74. The Morgan fingerprint density at radius 3 is 2.50 bits per heavy atom. The Balaban J connectivity index is 1.47. The van der Waals surface area contributed by atoms with Gasteiger partial charge in [0.15, 0.2) is 5.69 Å². The van der Waals surface area contributed by atoms with Gasteiger partial charge in [-0.15, -0.1) is 0 Å². The van der Waals surface area contributed by atoms with Crippen LogP contribution in [0.2, 0.25) is 0 Å². The molecule has 1 aromatic carbocycles. The zero-order valence-electron chi connectivity index (χ0n) is 22.6. The van der Waals surface area contributed by atoms with Crippen LogP contribution in [0.5, 0.6) is 0 Å². The summed E-state index contributed by atoms with van der Waals surface area (Å²) in [4.78, 5) is 33.3. The Kier molecular flexibility index (Phi) is 5.96. The molecule has 5 rings (SSSR count). The largest absolute Gasteiger partial charge is 0.444 e. The van der Waals surface area contributed by atoms with Gasteiger partial charge in [-0.25, -0.2) is 9.78 Å². The molecular weight excluding hydrogens is 452 g/mol. The first-order chi connectivity index (χ1) is 16.9. The molecule has 1 aliphatic heterocycles. The van der Waals surface area contributed by atoms with Crippen molar-refractivity contribution in [2.75, 3.05) is 6.54 Å². The summed E-state index contributed by atoms with van der Waals surface area (Å²) in [6.07, 6.45) is 4.52. The van der Waals surface area contributed by atoms with Crippen molar-refractivity contribution in [1.29, 1.82) is 0 Å². The molecule has 2 fully saturated rings. The van der Waals surface area contributed by atoms with E-state index in [-0.39, 0.29) is 28.9 Å². The number of benzene rings is 1. The molecule has 36 heavy (non-hydrogen) atoms. The number of carbonyl (C=O) groups is 2. The SMILES string of the molecule is CC(C)(C)OC(=O)N1CCn2c(-c3ccccc3)nc(C(=O)NC3C(C)(C)C4CCCCC43C)c2C1. The summed E-state index contributed by atoms with van der Waals surface area (Å²) in [6, 6.07) is 10.1. The Bertz CT molecular complexity index is 1160. The van der Waals surface area contributed by atoms with Crippen molar-refractivity contribution in [1.82, 2.24) is 19.8 Å². The van der Waals surface area contributed by atoms with Gasteiger partial charge in [-0.2, -0.15) is 0 Å². The summed E-state index contributed by atoms with van der Waals surface area (Å²) in [5.74, 6) is 1.26. The summed E-state index contributed by atoms with van der Waals surface area (Å²) in [5, 5.41) is 3.41.